The molecule has 5 nitrogen and oxygen atoms in total. The Morgan fingerprint density at radius 1 is 0.929 bits per heavy atom. The molecule has 3 fully saturated rings. The van der Waals surface area contributed by atoms with E-state index < -0.39 is 5.97 Å². The average Bonchev–Trinajstić information content (AvgIpc) is 3.38. The van der Waals surface area contributed by atoms with Crippen molar-refractivity contribution in [3.63, 3.8) is 0 Å². The molecule has 3 aliphatic rings. The Morgan fingerprint density at radius 2 is 1.54 bits per heavy atom. The van der Waals surface area contributed by atoms with E-state index in [0.717, 1.165) is 24.8 Å². The maximum Gasteiger partial charge on any atom is 0.343 e. The summed E-state index contributed by atoms with van der Waals surface area (Å²) in [5.74, 6) is 0.350. The van der Waals surface area contributed by atoms with Crippen LogP contribution in [0.15, 0.2) is 48.5 Å². The number of hydrogen-bond acceptors (Lipinski definition) is 4. The summed E-state index contributed by atoms with van der Waals surface area (Å²) >= 11 is 0. The number of ether oxygens (including phenoxy) is 1. The number of carbonyl (C=O) groups is 3. The van der Waals surface area contributed by atoms with Crippen LogP contribution in [0.4, 0.5) is 5.69 Å². The second-order valence-corrected chi connectivity index (χ2v) is 8.10. The fourth-order valence-electron chi connectivity index (χ4n) is 5.24. The number of benzene rings is 2. The van der Waals surface area contributed by atoms with E-state index >= 15 is 0 Å². The molecule has 2 bridgehead atoms. The van der Waals surface area contributed by atoms with Gasteiger partial charge in [-0.15, -0.1) is 0 Å². The zero-order valence-corrected chi connectivity index (χ0v) is 15.6. The molecular weight excluding hydrogens is 354 g/mol. The van der Waals surface area contributed by atoms with E-state index in [1.54, 1.807) is 30.3 Å². The SMILES string of the molecule is Cc1ccccc1OC(=O)c1ccc(N2C(=O)[C@@H]3[C@@H]4CC[C@@H](C4)[C@@H]3C2=O)cc1. The molecule has 0 radical (unpaired) electrons. The molecule has 2 aromatic carbocycles. The second-order valence-electron chi connectivity index (χ2n) is 8.10. The van der Waals surface area contributed by atoms with Gasteiger partial charge in [-0.3, -0.25) is 14.5 Å². The lowest BCUT2D eigenvalue weighted by Crippen LogP contribution is -2.32. The number of para-hydroxylation sites is 1. The Morgan fingerprint density at radius 3 is 2.14 bits per heavy atom. The maximum absolute atomic E-state index is 12.9. The number of anilines is 1. The normalized spacial score (nSPS) is 28.0. The van der Waals surface area contributed by atoms with E-state index in [1.807, 2.05) is 25.1 Å². The molecule has 142 valence electrons. The van der Waals surface area contributed by atoms with Gasteiger partial charge in [-0.1, -0.05) is 18.2 Å². The summed E-state index contributed by atoms with van der Waals surface area (Å²) in [6.07, 6.45) is 3.13. The van der Waals surface area contributed by atoms with Crippen LogP contribution in [0.1, 0.15) is 35.2 Å². The van der Waals surface area contributed by atoms with Crippen molar-refractivity contribution in [3.05, 3.63) is 59.7 Å². The van der Waals surface area contributed by atoms with E-state index in [0.29, 0.717) is 28.8 Å². The van der Waals surface area contributed by atoms with Crippen LogP contribution in [0.2, 0.25) is 0 Å². The highest BCUT2D eigenvalue weighted by Crippen LogP contribution is 2.56. The lowest BCUT2D eigenvalue weighted by atomic mass is 9.81. The molecule has 1 aliphatic heterocycles. The van der Waals surface area contributed by atoms with Crippen molar-refractivity contribution in [2.24, 2.45) is 23.7 Å². The molecule has 5 rings (SSSR count). The van der Waals surface area contributed by atoms with Crippen LogP contribution in [-0.2, 0) is 9.59 Å². The first-order valence-corrected chi connectivity index (χ1v) is 9.80. The van der Waals surface area contributed by atoms with Crippen molar-refractivity contribution in [3.8, 4) is 5.75 Å². The van der Waals surface area contributed by atoms with E-state index in [4.69, 9.17) is 4.74 Å². The summed E-state index contributed by atoms with van der Waals surface area (Å²) in [6.45, 7) is 1.88. The third kappa shape index (κ3) is 2.49. The highest BCUT2D eigenvalue weighted by molar-refractivity contribution is 6.22. The first-order chi connectivity index (χ1) is 13.5. The molecule has 28 heavy (non-hydrogen) atoms. The predicted molar refractivity (Wildman–Crippen MR) is 103 cm³/mol. The number of imide groups is 1. The third-order valence-corrected chi connectivity index (χ3v) is 6.58. The van der Waals surface area contributed by atoms with Gasteiger partial charge in [0, 0.05) is 0 Å². The van der Waals surface area contributed by atoms with Crippen molar-refractivity contribution in [1.82, 2.24) is 0 Å². The summed E-state index contributed by atoms with van der Waals surface area (Å²) in [4.78, 5) is 39.5. The molecule has 0 unspecified atom stereocenters. The monoisotopic (exact) mass is 375 g/mol. The average molecular weight is 375 g/mol. The zero-order valence-electron chi connectivity index (χ0n) is 15.6. The summed E-state index contributed by atoms with van der Waals surface area (Å²) in [5.41, 5.74) is 1.80. The van der Waals surface area contributed by atoms with Gasteiger partial charge >= 0.3 is 5.97 Å². The minimum Gasteiger partial charge on any atom is -0.423 e. The fraction of sp³-hybridized carbons (Fsp3) is 0.348. The Balaban J connectivity index is 1.36. The highest BCUT2D eigenvalue weighted by atomic mass is 16.5. The molecule has 2 aliphatic carbocycles. The molecule has 0 N–H and O–H groups in total. The van der Waals surface area contributed by atoms with E-state index in [2.05, 4.69) is 0 Å². The standard InChI is InChI=1S/C23H21NO4/c1-13-4-2-3-5-18(13)28-23(27)14-8-10-17(11-9-14)24-21(25)19-15-6-7-16(12-15)20(19)22(24)26/h2-5,8-11,15-16,19-20H,6-7,12H2,1H3/t15-,16+,19-,20+. The van der Waals surface area contributed by atoms with Crippen LogP contribution >= 0.6 is 0 Å². The Bertz CT molecular complexity index is 952. The first kappa shape index (κ1) is 17.2. The third-order valence-electron chi connectivity index (χ3n) is 6.58. The molecule has 2 saturated carbocycles. The van der Waals surface area contributed by atoms with Crippen molar-refractivity contribution in [1.29, 1.82) is 0 Å². The van der Waals surface area contributed by atoms with Gasteiger partial charge in [0.1, 0.15) is 5.75 Å². The lowest BCUT2D eigenvalue weighted by Gasteiger charge is -2.19. The van der Waals surface area contributed by atoms with Crippen LogP contribution in [0, 0.1) is 30.6 Å². The molecule has 1 heterocycles. The number of nitrogens with zero attached hydrogens (tertiary/aromatic N) is 1. The minimum absolute atomic E-state index is 0.0718. The molecule has 2 amide bonds. The highest BCUT2D eigenvalue weighted by Gasteiger charge is 2.61. The number of hydrogen-bond donors (Lipinski definition) is 0. The van der Waals surface area contributed by atoms with Crippen LogP contribution in [0.3, 0.4) is 0 Å². The van der Waals surface area contributed by atoms with E-state index in [1.165, 1.54) is 4.90 Å². The number of carbonyl (C=O) groups excluding carboxylic acids is 3. The smallest absolute Gasteiger partial charge is 0.343 e. The molecule has 0 aromatic heterocycles. The minimum atomic E-state index is -0.463. The molecule has 0 spiro atoms. The van der Waals surface area contributed by atoms with Crippen LogP contribution in [-0.4, -0.2) is 17.8 Å². The zero-order chi connectivity index (χ0) is 19.4. The van der Waals surface area contributed by atoms with Crippen molar-refractivity contribution >= 4 is 23.5 Å². The fourth-order valence-corrected chi connectivity index (χ4v) is 5.24. The Kier molecular flexibility index (Phi) is 3.86. The van der Waals surface area contributed by atoms with Gasteiger partial charge in [-0.25, -0.2) is 4.79 Å². The number of esters is 1. The van der Waals surface area contributed by atoms with Crippen LogP contribution < -0.4 is 9.64 Å². The quantitative estimate of drug-likeness (QED) is 0.466. The molecule has 1 saturated heterocycles. The van der Waals surface area contributed by atoms with Gasteiger partial charge in [0.05, 0.1) is 23.1 Å². The largest absolute Gasteiger partial charge is 0.423 e. The van der Waals surface area contributed by atoms with Gasteiger partial charge in [0.25, 0.3) is 0 Å². The summed E-state index contributed by atoms with van der Waals surface area (Å²) < 4.78 is 5.45. The summed E-state index contributed by atoms with van der Waals surface area (Å²) in [6, 6.07) is 13.9. The number of amides is 2. The van der Waals surface area contributed by atoms with Gasteiger partial charge in [0.2, 0.25) is 11.8 Å². The topological polar surface area (TPSA) is 63.7 Å². The number of rotatable bonds is 3. The number of aryl methyl sites for hydroxylation is 1. The Labute approximate surface area is 163 Å². The maximum atomic E-state index is 12.9. The van der Waals surface area contributed by atoms with Gasteiger partial charge in [0.15, 0.2) is 0 Å². The molecule has 2 aromatic rings. The molecule has 4 atom stereocenters. The van der Waals surface area contributed by atoms with Crippen molar-refractivity contribution in [2.75, 3.05) is 4.90 Å². The van der Waals surface area contributed by atoms with Crippen LogP contribution in [0.5, 0.6) is 5.75 Å². The van der Waals surface area contributed by atoms with Crippen molar-refractivity contribution < 1.29 is 19.1 Å². The van der Waals surface area contributed by atoms with Crippen LogP contribution in [0.25, 0.3) is 0 Å². The predicted octanol–water partition coefficient (Wildman–Crippen LogP) is 3.75. The summed E-state index contributed by atoms with van der Waals surface area (Å²) in [5, 5.41) is 0. The molecular formula is C23H21NO4. The van der Waals surface area contributed by atoms with Gasteiger partial charge in [-0.2, -0.15) is 0 Å². The summed E-state index contributed by atoms with van der Waals surface area (Å²) in [7, 11) is 0. The molecule has 5 heteroatoms. The second kappa shape index (κ2) is 6.30. The van der Waals surface area contributed by atoms with E-state index in [9.17, 15) is 14.4 Å². The first-order valence-electron chi connectivity index (χ1n) is 9.80. The lowest BCUT2D eigenvalue weighted by molar-refractivity contribution is -0.123. The number of fused-ring (bicyclic) bond motifs is 5. The van der Waals surface area contributed by atoms with Crippen molar-refractivity contribution in [2.45, 2.75) is 26.2 Å². The van der Waals surface area contributed by atoms with Gasteiger partial charge < -0.3 is 4.74 Å². The van der Waals surface area contributed by atoms with E-state index in [-0.39, 0.29) is 23.7 Å². The van der Waals surface area contributed by atoms with Gasteiger partial charge in [-0.05, 0) is 73.9 Å². The Hall–Kier alpha value is -2.95.